The van der Waals surface area contributed by atoms with Crippen LogP contribution in [0.2, 0.25) is 0 Å². The summed E-state index contributed by atoms with van der Waals surface area (Å²) in [5.41, 5.74) is 3.39. The normalized spacial score (nSPS) is 13.5. The summed E-state index contributed by atoms with van der Waals surface area (Å²) in [6.45, 7) is 1.91. The first-order valence-electron chi connectivity index (χ1n) is 8.99. The van der Waals surface area contributed by atoms with Crippen molar-refractivity contribution in [2.24, 2.45) is 0 Å². The summed E-state index contributed by atoms with van der Waals surface area (Å²) >= 11 is 0. The van der Waals surface area contributed by atoms with Crippen LogP contribution in [0, 0.1) is 0 Å². The van der Waals surface area contributed by atoms with Crippen molar-refractivity contribution >= 4 is 10.8 Å². The van der Waals surface area contributed by atoms with Crippen molar-refractivity contribution in [2.75, 3.05) is 0 Å². The highest BCUT2D eigenvalue weighted by molar-refractivity contribution is 5.97. The standard InChI is InChI=1S/C25H22O/c1-25(26,18-19-10-3-2-4-11-19)24-17-8-7-15-23(24)22-16-9-13-20-12-5-6-14-21(20)22/h2-17,26H,18H2,1H3/t25-/m1/s1. The Morgan fingerprint density at radius 3 is 2.12 bits per heavy atom. The fourth-order valence-electron chi connectivity index (χ4n) is 3.74. The first-order chi connectivity index (χ1) is 12.6. The van der Waals surface area contributed by atoms with Crippen LogP contribution in [0.5, 0.6) is 0 Å². The molecule has 0 heterocycles. The van der Waals surface area contributed by atoms with E-state index in [0.717, 1.165) is 22.3 Å². The van der Waals surface area contributed by atoms with Crippen molar-refractivity contribution in [3.05, 3.63) is 108 Å². The smallest absolute Gasteiger partial charge is 0.0914 e. The predicted molar refractivity (Wildman–Crippen MR) is 109 cm³/mol. The third kappa shape index (κ3) is 3.14. The summed E-state index contributed by atoms with van der Waals surface area (Å²) < 4.78 is 0. The summed E-state index contributed by atoms with van der Waals surface area (Å²) in [5, 5.41) is 13.8. The monoisotopic (exact) mass is 338 g/mol. The zero-order valence-corrected chi connectivity index (χ0v) is 14.9. The van der Waals surface area contributed by atoms with Crippen LogP contribution in [-0.4, -0.2) is 5.11 Å². The lowest BCUT2D eigenvalue weighted by Crippen LogP contribution is -2.25. The largest absolute Gasteiger partial charge is 0.385 e. The molecule has 0 bridgehead atoms. The van der Waals surface area contributed by atoms with E-state index in [9.17, 15) is 5.11 Å². The quantitative estimate of drug-likeness (QED) is 0.487. The van der Waals surface area contributed by atoms with Gasteiger partial charge in [-0.1, -0.05) is 97.1 Å². The summed E-state index contributed by atoms with van der Waals surface area (Å²) in [7, 11) is 0. The molecular formula is C25H22O. The Hall–Kier alpha value is -2.90. The molecule has 0 spiro atoms. The second-order valence-corrected chi connectivity index (χ2v) is 7.01. The van der Waals surface area contributed by atoms with Gasteiger partial charge < -0.3 is 5.11 Å². The molecule has 1 nitrogen and oxygen atoms in total. The van der Waals surface area contributed by atoms with E-state index in [1.807, 2.05) is 43.3 Å². The fraction of sp³-hybridized carbons (Fsp3) is 0.120. The molecule has 0 radical (unpaired) electrons. The van der Waals surface area contributed by atoms with Gasteiger partial charge >= 0.3 is 0 Å². The van der Waals surface area contributed by atoms with Gasteiger partial charge in [0.1, 0.15) is 0 Å². The van der Waals surface area contributed by atoms with Crippen LogP contribution in [-0.2, 0) is 12.0 Å². The van der Waals surface area contributed by atoms with Gasteiger partial charge in [-0.05, 0) is 39.9 Å². The van der Waals surface area contributed by atoms with Crippen LogP contribution in [0.1, 0.15) is 18.1 Å². The number of rotatable bonds is 4. The number of aliphatic hydroxyl groups is 1. The van der Waals surface area contributed by atoms with E-state index < -0.39 is 5.60 Å². The van der Waals surface area contributed by atoms with E-state index >= 15 is 0 Å². The van der Waals surface area contributed by atoms with Gasteiger partial charge in [-0.3, -0.25) is 0 Å². The molecule has 0 aliphatic carbocycles. The van der Waals surface area contributed by atoms with Crippen LogP contribution in [0.3, 0.4) is 0 Å². The second kappa shape index (κ2) is 6.78. The highest BCUT2D eigenvalue weighted by Crippen LogP contribution is 2.37. The van der Waals surface area contributed by atoms with E-state index in [-0.39, 0.29) is 0 Å². The molecule has 0 saturated carbocycles. The molecule has 0 unspecified atom stereocenters. The van der Waals surface area contributed by atoms with Crippen molar-refractivity contribution in [3.8, 4) is 11.1 Å². The van der Waals surface area contributed by atoms with E-state index in [1.54, 1.807) is 0 Å². The minimum atomic E-state index is -0.950. The Balaban J connectivity index is 1.84. The maximum atomic E-state index is 11.4. The summed E-state index contributed by atoms with van der Waals surface area (Å²) in [6.07, 6.45) is 0.579. The number of hydrogen-bond donors (Lipinski definition) is 1. The van der Waals surface area contributed by atoms with Gasteiger partial charge in [-0.25, -0.2) is 0 Å². The van der Waals surface area contributed by atoms with Gasteiger partial charge in [0.15, 0.2) is 0 Å². The minimum absolute atomic E-state index is 0.579. The van der Waals surface area contributed by atoms with Crippen LogP contribution in [0.25, 0.3) is 21.9 Å². The first-order valence-corrected chi connectivity index (χ1v) is 8.99. The average Bonchev–Trinajstić information content (AvgIpc) is 2.68. The van der Waals surface area contributed by atoms with Crippen molar-refractivity contribution in [3.63, 3.8) is 0 Å². The predicted octanol–water partition coefficient (Wildman–Crippen LogP) is 5.96. The Kier molecular flexibility index (Phi) is 4.32. The lowest BCUT2D eigenvalue weighted by atomic mass is 9.83. The molecule has 0 aliphatic rings. The van der Waals surface area contributed by atoms with Gasteiger partial charge in [0.25, 0.3) is 0 Å². The molecule has 128 valence electrons. The molecule has 4 aromatic rings. The van der Waals surface area contributed by atoms with Crippen molar-refractivity contribution in [2.45, 2.75) is 18.9 Å². The maximum Gasteiger partial charge on any atom is 0.0914 e. The Morgan fingerprint density at radius 1 is 0.654 bits per heavy atom. The van der Waals surface area contributed by atoms with Crippen LogP contribution >= 0.6 is 0 Å². The first kappa shape index (κ1) is 16.6. The van der Waals surface area contributed by atoms with Gasteiger partial charge in [0.05, 0.1) is 5.60 Å². The summed E-state index contributed by atoms with van der Waals surface area (Å²) in [5.74, 6) is 0. The second-order valence-electron chi connectivity index (χ2n) is 7.01. The lowest BCUT2D eigenvalue weighted by molar-refractivity contribution is 0.0582. The molecule has 1 atom stereocenters. The Bertz CT molecular complexity index is 1030. The van der Waals surface area contributed by atoms with Crippen LogP contribution in [0.4, 0.5) is 0 Å². The third-order valence-corrected chi connectivity index (χ3v) is 4.98. The van der Waals surface area contributed by atoms with E-state index in [0.29, 0.717) is 6.42 Å². The molecule has 0 amide bonds. The van der Waals surface area contributed by atoms with Crippen LogP contribution in [0.15, 0.2) is 97.1 Å². The topological polar surface area (TPSA) is 20.2 Å². The molecule has 1 heteroatoms. The van der Waals surface area contributed by atoms with E-state index in [4.69, 9.17) is 0 Å². The molecule has 26 heavy (non-hydrogen) atoms. The van der Waals surface area contributed by atoms with E-state index in [1.165, 1.54) is 10.8 Å². The molecular weight excluding hydrogens is 316 g/mol. The molecule has 1 N–H and O–H groups in total. The van der Waals surface area contributed by atoms with Crippen molar-refractivity contribution in [1.29, 1.82) is 0 Å². The highest BCUT2D eigenvalue weighted by atomic mass is 16.3. The minimum Gasteiger partial charge on any atom is -0.385 e. The Morgan fingerprint density at radius 2 is 1.27 bits per heavy atom. The summed E-state index contributed by atoms with van der Waals surface area (Å²) in [6, 6.07) is 33.1. The third-order valence-electron chi connectivity index (χ3n) is 4.98. The van der Waals surface area contributed by atoms with Gasteiger partial charge in [-0.15, -0.1) is 0 Å². The zero-order chi connectivity index (χ0) is 18.0. The molecule has 0 saturated heterocycles. The maximum absolute atomic E-state index is 11.4. The average molecular weight is 338 g/mol. The molecule has 0 aliphatic heterocycles. The number of fused-ring (bicyclic) bond motifs is 1. The fourth-order valence-corrected chi connectivity index (χ4v) is 3.74. The summed E-state index contributed by atoms with van der Waals surface area (Å²) in [4.78, 5) is 0. The highest BCUT2D eigenvalue weighted by Gasteiger charge is 2.27. The van der Waals surface area contributed by atoms with Crippen molar-refractivity contribution in [1.82, 2.24) is 0 Å². The van der Waals surface area contributed by atoms with Gasteiger partial charge in [0, 0.05) is 6.42 Å². The molecule has 0 aromatic heterocycles. The lowest BCUT2D eigenvalue weighted by Gasteiger charge is -2.27. The number of benzene rings is 4. The molecule has 0 fully saturated rings. The van der Waals surface area contributed by atoms with Crippen LogP contribution < -0.4 is 0 Å². The molecule has 4 rings (SSSR count). The zero-order valence-electron chi connectivity index (χ0n) is 14.9. The van der Waals surface area contributed by atoms with Gasteiger partial charge in [0.2, 0.25) is 0 Å². The Labute approximate surface area is 154 Å². The number of hydrogen-bond acceptors (Lipinski definition) is 1. The van der Waals surface area contributed by atoms with Gasteiger partial charge in [-0.2, -0.15) is 0 Å². The molecule has 4 aromatic carbocycles. The SMILES string of the molecule is C[C@@](O)(Cc1ccccc1)c1ccccc1-c1cccc2ccccc12. The van der Waals surface area contributed by atoms with E-state index in [2.05, 4.69) is 60.7 Å². The van der Waals surface area contributed by atoms with Crippen molar-refractivity contribution < 1.29 is 5.11 Å².